The fourth-order valence-corrected chi connectivity index (χ4v) is 4.22. The minimum atomic E-state index is -0.473. The fraction of sp³-hybridized carbons (Fsp3) is 0.556. The zero-order chi connectivity index (χ0) is 16.4. The summed E-state index contributed by atoms with van der Waals surface area (Å²) in [5.41, 5.74) is 0.957. The summed E-state index contributed by atoms with van der Waals surface area (Å²) < 4.78 is 2.31. The quantitative estimate of drug-likeness (QED) is 0.814. The molecule has 2 aromatic rings. The van der Waals surface area contributed by atoms with Crippen LogP contribution in [0.2, 0.25) is 0 Å². The van der Waals surface area contributed by atoms with Gasteiger partial charge in [-0.05, 0) is 37.7 Å². The van der Waals surface area contributed by atoms with Crippen molar-refractivity contribution in [2.24, 2.45) is 0 Å². The molecule has 1 aromatic heterocycles. The molecule has 0 bridgehead atoms. The maximum absolute atomic E-state index is 10.4. The van der Waals surface area contributed by atoms with Crippen LogP contribution < -0.4 is 4.90 Å². The molecule has 2 heterocycles. The predicted molar refractivity (Wildman–Crippen MR) is 96.5 cm³/mol. The van der Waals surface area contributed by atoms with E-state index >= 15 is 0 Å². The van der Waals surface area contributed by atoms with E-state index in [1.807, 2.05) is 30.3 Å². The fourth-order valence-electron chi connectivity index (χ4n) is 3.25. The van der Waals surface area contributed by atoms with Crippen molar-refractivity contribution in [3.05, 3.63) is 35.9 Å². The number of hydrogen-bond donors (Lipinski definition) is 1. The van der Waals surface area contributed by atoms with Gasteiger partial charge in [0.1, 0.15) is 0 Å². The van der Waals surface area contributed by atoms with Gasteiger partial charge in [0.05, 0.1) is 6.10 Å². The van der Waals surface area contributed by atoms with Gasteiger partial charge < -0.3 is 10.0 Å². The topological polar surface area (TPSA) is 54.2 Å². The van der Waals surface area contributed by atoms with Crippen molar-refractivity contribution in [2.45, 2.75) is 49.4 Å². The predicted octanol–water partition coefficient (Wildman–Crippen LogP) is 3.43. The third kappa shape index (κ3) is 3.44. The first-order valence-electron chi connectivity index (χ1n) is 8.88. The highest BCUT2D eigenvalue weighted by Crippen LogP contribution is 2.41. The minimum absolute atomic E-state index is 0.473. The summed E-state index contributed by atoms with van der Waals surface area (Å²) in [5, 5.41) is 20.3. The lowest BCUT2D eigenvalue weighted by Gasteiger charge is -2.27. The van der Waals surface area contributed by atoms with Crippen LogP contribution in [-0.4, -0.2) is 38.7 Å². The molecule has 2 fully saturated rings. The van der Waals surface area contributed by atoms with Crippen molar-refractivity contribution < 1.29 is 5.11 Å². The Morgan fingerprint density at radius 1 is 1.08 bits per heavy atom. The maximum Gasteiger partial charge on any atom is 0.228 e. The number of nitrogens with zero attached hydrogens (tertiary/aromatic N) is 4. The lowest BCUT2D eigenvalue weighted by atomic mass is 10.1. The summed E-state index contributed by atoms with van der Waals surface area (Å²) in [4.78, 5) is 2.38. The van der Waals surface area contributed by atoms with Crippen molar-refractivity contribution in [1.82, 2.24) is 14.8 Å². The average Bonchev–Trinajstić information content (AvgIpc) is 3.40. The highest BCUT2D eigenvalue weighted by atomic mass is 32.2. The highest BCUT2D eigenvalue weighted by molar-refractivity contribution is 7.99. The highest BCUT2D eigenvalue weighted by Gasteiger charge is 2.32. The average molecular weight is 344 g/mol. The van der Waals surface area contributed by atoms with E-state index < -0.39 is 6.10 Å². The second-order valence-corrected chi connectivity index (χ2v) is 7.66. The molecule has 1 aliphatic carbocycles. The number of benzene rings is 1. The van der Waals surface area contributed by atoms with Crippen LogP contribution in [0.5, 0.6) is 0 Å². The van der Waals surface area contributed by atoms with Crippen LogP contribution >= 0.6 is 11.8 Å². The Hall–Kier alpha value is -1.53. The molecule has 1 saturated carbocycles. The molecule has 1 aromatic carbocycles. The Bertz CT molecular complexity index is 665. The van der Waals surface area contributed by atoms with E-state index in [4.69, 9.17) is 0 Å². The second kappa shape index (κ2) is 7.15. The number of anilines is 1. The summed E-state index contributed by atoms with van der Waals surface area (Å²) in [6.45, 7) is 2.17. The Morgan fingerprint density at radius 3 is 2.54 bits per heavy atom. The molecule has 4 rings (SSSR count). The SMILES string of the molecule is OC(CSc1nnc(N2CCCCC2)n1C1CC1)c1ccccc1. The lowest BCUT2D eigenvalue weighted by molar-refractivity contribution is 0.204. The molecule has 6 heteroatoms. The van der Waals surface area contributed by atoms with Crippen LogP contribution in [0.25, 0.3) is 0 Å². The van der Waals surface area contributed by atoms with Gasteiger partial charge in [0.2, 0.25) is 5.95 Å². The Labute approximate surface area is 147 Å². The standard InChI is InChI=1S/C18H24N4OS/c23-16(14-7-3-1-4-8-14)13-24-18-20-19-17(22(18)15-9-10-15)21-11-5-2-6-12-21/h1,3-4,7-8,15-16,23H,2,5-6,9-13H2. The van der Waals surface area contributed by atoms with Crippen molar-refractivity contribution in [3.63, 3.8) is 0 Å². The molecule has 0 radical (unpaired) electrons. The number of rotatable bonds is 6. The van der Waals surface area contributed by atoms with E-state index in [1.165, 1.54) is 32.1 Å². The third-order valence-corrected chi connectivity index (χ3v) is 5.77. The van der Waals surface area contributed by atoms with Gasteiger partial charge in [-0.1, -0.05) is 42.1 Å². The molecule has 1 N–H and O–H groups in total. The van der Waals surface area contributed by atoms with Crippen LogP contribution in [0.1, 0.15) is 49.8 Å². The Kier molecular flexibility index (Phi) is 4.76. The van der Waals surface area contributed by atoms with Gasteiger partial charge in [0.15, 0.2) is 5.16 Å². The number of aromatic nitrogens is 3. The monoisotopic (exact) mass is 344 g/mol. The zero-order valence-electron chi connectivity index (χ0n) is 13.8. The second-order valence-electron chi connectivity index (χ2n) is 6.67. The van der Waals surface area contributed by atoms with Gasteiger partial charge in [-0.25, -0.2) is 0 Å². The number of piperidine rings is 1. The summed E-state index contributed by atoms with van der Waals surface area (Å²) in [7, 11) is 0. The van der Waals surface area contributed by atoms with E-state index in [1.54, 1.807) is 11.8 Å². The summed E-state index contributed by atoms with van der Waals surface area (Å²) in [5.74, 6) is 1.64. The van der Waals surface area contributed by atoms with Gasteiger partial charge >= 0.3 is 0 Å². The summed E-state index contributed by atoms with van der Waals surface area (Å²) in [6, 6.07) is 10.4. The Balaban J connectivity index is 1.48. The van der Waals surface area contributed by atoms with Gasteiger partial charge in [-0.15, -0.1) is 10.2 Å². The molecule has 1 unspecified atom stereocenters. The number of aliphatic hydroxyl groups excluding tert-OH is 1. The zero-order valence-corrected chi connectivity index (χ0v) is 14.7. The van der Waals surface area contributed by atoms with E-state index in [2.05, 4.69) is 19.7 Å². The molecule has 5 nitrogen and oxygen atoms in total. The normalized spacial score (nSPS) is 19.5. The first-order chi connectivity index (χ1) is 11.8. The van der Waals surface area contributed by atoms with Gasteiger partial charge in [0.25, 0.3) is 0 Å². The molecule has 1 atom stereocenters. The van der Waals surface area contributed by atoms with E-state index in [0.717, 1.165) is 29.8 Å². The van der Waals surface area contributed by atoms with Crippen LogP contribution in [-0.2, 0) is 0 Å². The smallest absolute Gasteiger partial charge is 0.228 e. The van der Waals surface area contributed by atoms with Crippen LogP contribution in [0, 0.1) is 0 Å². The van der Waals surface area contributed by atoms with E-state index in [0.29, 0.717) is 11.8 Å². The molecule has 128 valence electrons. The van der Waals surface area contributed by atoms with Crippen LogP contribution in [0.15, 0.2) is 35.5 Å². The molecule has 24 heavy (non-hydrogen) atoms. The maximum atomic E-state index is 10.4. The van der Waals surface area contributed by atoms with Crippen molar-refractivity contribution in [2.75, 3.05) is 23.7 Å². The third-order valence-electron chi connectivity index (χ3n) is 4.75. The van der Waals surface area contributed by atoms with Crippen molar-refractivity contribution in [3.8, 4) is 0 Å². The molecule has 1 aliphatic heterocycles. The Morgan fingerprint density at radius 2 is 1.83 bits per heavy atom. The number of thioether (sulfide) groups is 1. The van der Waals surface area contributed by atoms with Crippen LogP contribution in [0.3, 0.4) is 0 Å². The first kappa shape index (κ1) is 16.0. The van der Waals surface area contributed by atoms with Crippen LogP contribution in [0.4, 0.5) is 5.95 Å². The molecular weight excluding hydrogens is 320 g/mol. The molecule has 0 amide bonds. The molecule has 2 aliphatic rings. The summed E-state index contributed by atoms with van der Waals surface area (Å²) in [6.07, 6.45) is 5.76. The lowest BCUT2D eigenvalue weighted by Crippen LogP contribution is -2.31. The first-order valence-corrected chi connectivity index (χ1v) is 9.87. The van der Waals surface area contributed by atoms with E-state index in [-0.39, 0.29) is 0 Å². The van der Waals surface area contributed by atoms with Crippen molar-refractivity contribution >= 4 is 17.7 Å². The molecule has 0 spiro atoms. The largest absolute Gasteiger partial charge is 0.388 e. The van der Waals surface area contributed by atoms with Crippen molar-refractivity contribution in [1.29, 1.82) is 0 Å². The number of aliphatic hydroxyl groups is 1. The molecule has 1 saturated heterocycles. The molecular formula is C18H24N4OS. The van der Waals surface area contributed by atoms with E-state index in [9.17, 15) is 5.11 Å². The number of hydrogen-bond acceptors (Lipinski definition) is 5. The van der Waals surface area contributed by atoms with Gasteiger partial charge in [-0.2, -0.15) is 0 Å². The van der Waals surface area contributed by atoms with Gasteiger partial charge in [-0.3, -0.25) is 4.57 Å². The minimum Gasteiger partial charge on any atom is -0.388 e. The summed E-state index contributed by atoms with van der Waals surface area (Å²) >= 11 is 1.62. The van der Waals surface area contributed by atoms with Gasteiger partial charge in [0, 0.05) is 24.9 Å².